The van der Waals surface area contributed by atoms with Gasteiger partial charge in [0.05, 0.1) is 28.2 Å². The van der Waals surface area contributed by atoms with E-state index in [9.17, 15) is 13.7 Å². The Kier molecular flexibility index (Phi) is 2.94. The number of nitrogens with zero attached hydrogens (tertiary/aromatic N) is 3. The first-order valence-corrected chi connectivity index (χ1v) is 9.58. The van der Waals surface area contributed by atoms with E-state index in [1.807, 2.05) is 59.3 Å². The van der Waals surface area contributed by atoms with Crippen LogP contribution in [0.2, 0.25) is 0 Å². The van der Waals surface area contributed by atoms with Crippen LogP contribution in [-0.2, 0) is 16.6 Å². The number of aromatic nitrogens is 1. The van der Waals surface area contributed by atoms with Gasteiger partial charge in [-0.25, -0.2) is 8.42 Å². The van der Waals surface area contributed by atoms with Gasteiger partial charge in [-0.05, 0) is 29.7 Å². The Bertz CT molecular complexity index is 1340. The summed E-state index contributed by atoms with van der Waals surface area (Å²) in [7, 11) is -3.64. The Morgan fingerprint density at radius 3 is 2.62 bits per heavy atom. The van der Waals surface area contributed by atoms with Crippen molar-refractivity contribution in [3.05, 3.63) is 78.1 Å². The van der Waals surface area contributed by atoms with Gasteiger partial charge in [0.15, 0.2) is 0 Å². The molecule has 0 saturated carbocycles. The molecule has 26 heavy (non-hydrogen) atoms. The van der Waals surface area contributed by atoms with E-state index in [0.717, 1.165) is 16.3 Å². The van der Waals surface area contributed by atoms with E-state index in [-0.39, 0.29) is 6.54 Å². The van der Waals surface area contributed by atoms with Gasteiger partial charge in [0.2, 0.25) is 0 Å². The van der Waals surface area contributed by atoms with E-state index in [4.69, 9.17) is 0 Å². The van der Waals surface area contributed by atoms with E-state index >= 15 is 0 Å². The largest absolute Gasteiger partial charge is 0.322 e. The molecule has 0 amide bonds. The molecule has 0 atom stereocenters. The maximum absolute atomic E-state index is 13.1. The van der Waals surface area contributed by atoms with Gasteiger partial charge in [0, 0.05) is 23.3 Å². The molecule has 0 N–H and O–H groups in total. The molecular weight excluding hydrogens is 346 g/mol. The van der Waals surface area contributed by atoms with E-state index < -0.39 is 10.0 Å². The van der Waals surface area contributed by atoms with Gasteiger partial charge in [0.1, 0.15) is 6.07 Å². The number of sulfonamides is 1. The maximum atomic E-state index is 13.1. The molecule has 5 rings (SSSR count). The third kappa shape index (κ3) is 1.86. The first kappa shape index (κ1) is 15.0. The summed E-state index contributed by atoms with van der Waals surface area (Å²) in [4.78, 5) is 0.327. The highest BCUT2D eigenvalue weighted by atomic mass is 32.2. The minimum atomic E-state index is -3.64. The fourth-order valence-electron chi connectivity index (χ4n) is 3.71. The lowest BCUT2D eigenvalue weighted by molar-refractivity contribution is 0.593. The highest BCUT2D eigenvalue weighted by Crippen LogP contribution is 2.43. The van der Waals surface area contributed by atoms with Crippen molar-refractivity contribution in [3.8, 4) is 6.07 Å². The SMILES string of the molecule is N#Cc1c(CN2c3cccc4cccc(c34)S2(=O)=O)cn2ccccc12. The summed E-state index contributed by atoms with van der Waals surface area (Å²) in [5.41, 5.74) is 2.63. The van der Waals surface area contributed by atoms with Crippen LogP contribution >= 0.6 is 0 Å². The second-order valence-corrected chi connectivity index (χ2v) is 8.11. The molecule has 0 unspecified atom stereocenters. The van der Waals surface area contributed by atoms with Crippen LogP contribution in [0.1, 0.15) is 11.1 Å². The molecule has 2 aromatic heterocycles. The molecule has 1 aliphatic heterocycles. The van der Waals surface area contributed by atoms with E-state index in [0.29, 0.717) is 21.7 Å². The Morgan fingerprint density at radius 1 is 1.00 bits per heavy atom. The second kappa shape index (κ2) is 5.10. The monoisotopic (exact) mass is 359 g/mol. The molecule has 5 nitrogen and oxygen atoms in total. The van der Waals surface area contributed by atoms with Crippen LogP contribution < -0.4 is 4.31 Å². The van der Waals surface area contributed by atoms with Crippen molar-refractivity contribution < 1.29 is 8.42 Å². The molecule has 0 saturated heterocycles. The van der Waals surface area contributed by atoms with Crippen LogP contribution in [-0.4, -0.2) is 12.8 Å². The first-order valence-electron chi connectivity index (χ1n) is 8.14. The Balaban J connectivity index is 1.72. The Hall–Kier alpha value is -3.30. The Morgan fingerprint density at radius 2 is 1.81 bits per heavy atom. The highest BCUT2D eigenvalue weighted by Gasteiger charge is 2.36. The topological polar surface area (TPSA) is 65.6 Å². The van der Waals surface area contributed by atoms with Gasteiger partial charge in [-0.1, -0.05) is 30.3 Å². The molecular formula is C20H13N3O2S. The van der Waals surface area contributed by atoms with Crippen LogP contribution in [0.25, 0.3) is 16.3 Å². The summed E-state index contributed by atoms with van der Waals surface area (Å²) < 4.78 is 29.5. The number of fused-ring (bicyclic) bond motifs is 1. The number of hydrogen-bond donors (Lipinski definition) is 0. The molecule has 1 aliphatic rings. The van der Waals surface area contributed by atoms with Crippen molar-refractivity contribution in [1.82, 2.24) is 4.40 Å². The fourth-order valence-corrected chi connectivity index (χ4v) is 5.40. The summed E-state index contributed by atoms with van der Waals surface area (Å²) in [6.45, 7) is 0.126. The normalized spacial score (nSPS) is 14.8. The van der Waals surface area contributed by atoms with E-state index in [1.165, 1.54) is 4.31 Å². The third-order valence-electron chi connectivity index (χ3n) is 4.87. The first-order chi connectivity index (χ1) is 12.6. The second-order valence-electron chi connectivity index (χ2n) is 6.28. The van der Waals surface area contributed by atoms with Crippen molar-refractivity contribution in [2.24, 2.45) is 0 Å². The molecule has 6 heteroatoms. The van der Waals surface area contributed by atoms with Crippen molar-refractivity contribution >= 4 is 32.0 Å². The molecule has 4 aromatic rings. The number of pyridine rings is 1. The van der Waals surface area contributed by atoms with Gasteiger partial charge >= 0.3 is 0 Å². The summed E-state index contributed by atoms with van der Waals surface area (Å²) in [5, 5.41) is 11.2. The lowest BCUT2D eigenvalue weighted by atomic mass is 10.1. The van der Waals surface area contributed by atoms with Crippen LogP contribution in [0.15, 0.2) is 71.9 Å². The third-order valence-corrected chi connectivity index (χ3v) is 6.67. The van der Waals surface area contributed by atoms with Crippen LogP contribution in [0.3, 0.4) is 0 Å². The van der Waals surface area contributed by atoms with Crippen LogP contribution in [0.4, 0.5) is 5.69 Å². The summed E-state index contributed by atoms with van der Waals surface area (Å²) in [6, 6.07) is 18.7. The minimum Gasteiger partial charge on any atom is -0.322 e. The summed E-state index contributed by atoms with van der Waals surface area (Å²) in [6.07, 6.45) is 3.68. The summed E-state index contributed by atoms with van der Waals surface area (Å²) in [5.74, 6) is 0. The summed E-state index contributed by atoms with van der Waals surface area (Å²) >= 11 is 0. The molecule has 3 heterocycles. The zero-order chi connectivity index (χ0) is 17.9. The molecule has 0 radical (unpaired) electrons. The van der Waals surface area contributed by atoms with Crippen molar-refractivity contribution in [3.63, 3.8) is 0 Å². The maximum Gasteiger partial charge on any atom is 0.265 e. The average Bonchev–Trinajstić information content (AvgIpc) is 3.11. The van der Waals surface area contributed by atoms with Crippen LogP contribution in [0, 0.1) is 11.3 Å². The Labute approximate surface area is 150 Å². The minimum absolute atomic E-state index is 0.126. The smallest absolute Gasteiger partial charge is 0.265 e. The molecule has 0 aliphatic carbocycles. The van der Waals surface area contributed by atoms with Gasteiger partial charge in [-0.3, -0.25) is 4.31 Å². The highest BCUT2D eigenvalue weighted by molar-refractivity contribution is 7.93. The lowest BCUT2D eigenvalue weighted by Gasteiger charge is -2.18. The van der Waals surface area contributed by atoms with Gasteiger partial charge in [0.25, 0.3) is 10.0 Å². The number of hydrogen-bond acceptors (Lipinski definition) is 3. The van der Waals surface area contributed by atoms with Gasteiger partial charge < -0.3 is 4.40 Å². The number of rotatable bonds is 2. The average molecular weight is 359 g/mol. The lowest BCUT2D eigenvalue weighted by Crippen LogP contribution is -2.26. The quantitative estimate of drug-likeness (QED) is 0.548. The molecule has 0 spiro atoms. The van der Waals surface area contributed by atoms with E-state index in [2.05, 4.69) is 6.07 Å². The number of nitriles is 1. The van der Waals surface area contributed by atoms with Crippen LogP contribution in [0.5, 0.6) is 0 Å². The molecule has 0 bridgehead atoms. The molecule has 126 valence electrons. The van der Waals surface area contributed by atoms with Crippen molar-refractivity contribution in [2.45, 2.75) is 11.4 Å². The number of anilines is 1. The zero-order valence-electron chi connectivity index (χ0n) is 13.6. The van der Waals surface area contributed by atoms with Gasteiger partial charge in [-0.2, -0.15) is 5.26 Å². The fraction of sp³-hybridized carbons (Fsp3) is 0.0500. The molecule has 0 fully saturated rings. The zero-order valence-corrected chi connectivity index (χ0v) is 14.4. The predicted molar refractivity (Wildman–Crippen MR) is 99.4 cm³/mol. The standard InChI is InChI=1S/C20H13N3O2S/c21-11-16-15(12-22-10-2-1-7-17(16)22)13-23-18-8-3-5-14-6-4-9-19(20(14)18)26(23,24)25/h1-10,12H,13H2. The van der Waals surface area contributed by atoms with Gasteiger partial charge in [-0.15, -0.1) is 0 Å². The van der Waals surface area contributed by atoms with E-state index in [1.54, 1.807) is 12.1 Å². The van der Waals surface area contributed by atoms with Crippen molar-refractivity contribution in [1.29, 1.82) is 5.26 Å². The predicted octanol–water partition coefficient (Wildman–Crippen LogP) is 3.67. The number of benzene rings is 2. The van der Waals surface area contributed by atoms with Crippen molar-refractivity contribution in [2.75, 3.05) is 4.31 Å². The molecule has 2 aromatic carbocycles.